The van der Waals surface area contributed by atoms with E-state index in [0.29, 0.717) is 12.8 Å². The van der Waals surface area contributed by atoms with Crippen molar-refractivity contribution in [3.05, 3.63) is 0 Å². The zero-order valence-corrected chi connectivity index (χ0v) is 19.3. The van der Waals surface area contributed by atoms with Gasteiger partial charge in [0, 0.05) is 0 Å². The monoisotopic (exact) mass is 427 g/mol. The van der Waals surface area contributed by atoms with E-state index in [9.17, 15) is 19.5 Å². The SMILES string of the molecule is CC(C)C1NC(=O)C(NC(=O)OC(C)(C)C)CCCCCCCCC(CO)NC1=O. The molecule has 0 aromatic heterocycles. The molecule has 8 nitrogen and oxygen atoms in total. The Kier molecular flexibility index (Phi) is 11.2. The molecule has 3 atom stereocenters. The van der Waals surface area contributed by atoms with Gasteiger partial charge in [-0.2, -0.15) is 0 Å². The fourth-order valence-corrected chi connectivity index (χ4v) is 3.45. The van der Waals surface area contributed by atoms with Crippen LogP contribution in [0.3, 0.4) is 0 Å². The summed E-state index contributed by atoms with van der Waals surface area (Å²) < 4.78 is 5.30. The number of hydrogen-bond acceptors (Lipinski definition) is 5. The first-order chi connectivity index (χ1) is 14.0. The van der Waals surface area contributed by atoms with Crippen LogP contribution in [0.2, 0.25) is 0 Å². The number of nitrogens with one attached hydrogen (secondary N) is 3. The van der Waals surface area contributed by atoms with Crippen LogP contribution in [-0.2, 0) is 14.3 Å². The van der Waals surface area contributed by atoms with E-state index in [1.54, 1.807) is 20.8 Å². The van der Waals surface area contributed by atoms with Crippen molar-refractivity contribution >= 4 is 17.9 Å². The summed E-state index contributed by atoms with van der Waals surface area (Å²) in [6, 6.07) is -1.84. The number of hydrogen-bond donors (Lipinski definition) is 4. The second-order valence-electron chi connectivity index (χ2n) is 9.52. The first-order valence-electron chi connectivity index (χ1n) is 11.2. The quantitative estimate of drug-likeness (QED) is 0.552. The zero-order chi connectivity index (χ0) is 22.7. The van der Waals surface area contributed by atoms with Crippen LogP contribution < -0.4 is 16.0 Å². The number of aliphatic hydroxyl groups is 1. The summed E-state index contributed by atoms with van der Waals surface area (Å²) in [4.78, 5) is 38.0. The number of ether oxygens (including phenoxy) is 1. The summed E-state index contributed by atoms with van der Waals surface area (Å²) in [5.74, 6) is -0.862. The van der Waals surface area contributed by atoms with Crippen LogP contribution in [-0.4, -0.2) is 53.3 Å². The highest BCUT2D eigenvalue weighted by atomic mass is 16.6. The van der Waals surface area contributed by atoms with Crippen molar-refractivity contribution in [1.82, 2.24) is 16.0 Å². The van der Waals surface area contributed by atoms with Gasteiger partial charge in [0.2, 0.25) is 11.8 Å². The molecule has 30 heavy (non-hydrogen) atoms. The first kappa shape index (κ1) is 26.2. The maximum atomic E-state index is 13.0. The van der Waals surface area contributed by atoms with Crippen LogP contribution in [0.4, 0.5) is 4.79 Å². The molecule has 4 N–H and O–H groups in total. The van der Waals surface area contributed by atoms with Gasteiger partial charge in [-0.25, -0.2) is 4.79 Å². The van der Waals surface area contributed by atoms with Crippen LogP contribution in [0.25, 0.3) is 0 Å². The Morgan fingerprint density at radius 2 is 1.60 bits per heavy atom. The van der Waals surface area contributed by atoms with E-state index >= 15 is 0 Å². The fourth-order valence-electron chi connectivity index (χ4n) is 3.45. The molecule has 0 aromatic rings. The highest BCUT2D eigenvalue weighted by Crippen LogP contribution is 2.14. The maximum Gasteiger partial charge on any atom is 0.408 e. The van der Waals surface area contributed by atoms with Gasteiger partial charge in [-0.15, -0.1) is 0 Å². The van der Waals surface area contributed by atoms with Gasteiger partial charge in [0.25, 0.3) is 0 Å². The number of aliphatic hydroxyl groups excluding tert-OH is 1. The lowest BCUT2D eigenvalue weighted by atomic mass is 10.0. The molecule has 8 heteroatoms. The molecule has 3 unspecified atom stereocenters. The van der Waals surface area contributed by atoms with Crippen molar-refractivity contribution in [1.29, 1.82) is 0 Å². The van der Waals surface area contributed by atoms with Gasteiger partial charge in [0.05, 0.1) is 12.6 Å². The molecule has 0 spiro atoms. The van der Waals surface area contributed by atoms with E-state index < -0.39 is 29.7 Å². The Hall–Kier alpha value is -1.83. The average molecular weight is 428 g/mol. The second-order valence-corrected chi connectivity index (χ2v) is 9.52. The number of rotatable bonds is 3. The predicted octanol–water partition coefficient (Wildman–Crippen LogP) is 2.63. The number of alkyl carbamates (subject to hydrolysis) is 1. The molecule has 0 saturated carbocycles. The Labute approximate surface area is 180 Å². The predicted molar refractivity (Wildman–Crippen MR) is 116 cm³/mol. The van der Waals surface area contributed by atoms with Crippen LogP contribution in [0, 0.1) is 5.92 Å². The van der Waals surface area contributed by atoms with Crippen molar-refractivity contribution < 1.29 is 24.2 Å². The molecule has 174 valence electrons. The van der Waals surface area contributed by atoms with Gasteiger partial charge in [0.1, 0.15) is 17.7 Å². The summed E-state index contributed by atoms with van der Waals surface area (Å²) in [5.41, 5.74) is -0.667. The normalized spacial score (nSPS) is 25.5. The number of carbonyl (C=O) groups excluding carboxylic acids is 3. The van der Waals surface area contributed by atoms with E-state index in [1.165, 1.54) is 0 Å². The van der Waals surface area contributed by atoms with Crippen LogP contribution in [0.15, 0.2) is 0 Å². The largest absolute Gasteiger partial charge is 0.444 e. The fraction of sp³-hybridized carbons (Fsp3) is 0.864. The molecule has 1 aliphatic heterocycles. The van der Waals surface area contributed by atoms with E-state index in [-0.39, 0.29) is 24.5 Å². The van der Waals surface area contributed by atoms with Crippen LogP contribution >= 0.6 is 0 Å². The minimum absolute atomic E-state index is 0.132. The smallest absolute Gasteiger partial charge is 0.408 e. The summed E-state index contributed by atoms with van der Waals surface area (Å²) >= 11 is 0. The van der Waals surface area contributed by atoms with Crippen LogP contribution in [0.1, 0.15) is 86.0 Å². The molecular formula is C22H41N3O5. The maximum absolute atomic E-state index is 13.0. The summed E-state index contributed by atoms with van der Waals surface area (Å²) in [7, 11) is 0. The zero-order valence-electron chi connectivity index (χ0n) is 19.3. The third-order valence-corrected chi connectivity index (χ3v) is 5.12. The minimum atomic E-state index is -0.771. The standard InChI is InChI=1S/C22H41N3O5/c1-15(2)18-20(28)23-16(14-26)12-10-8-6-7-9-11-13-17(19(27)25-18)24-21(29)30-22(3,4)5/h15-18,26H,6-14H2,1-5H3,(H,23,28)(H,24,29)(H,25,27). The molecule has 0 aliphatic carbocycles. The summed E-state index contributed by atoms with van der Waals surface area (Å²) in [6.07, 6.45) is 6.40. The lowest BCUT2D eigenvalue weighted by molar-refractivity contribution is -0.131. The van der Waals surface area contributed by atoms with Crippen molar-refractivity contribution in [2.24, 2.45) is 5.92 Å². The van der Waals surface area contributed by atoms with Gasteiger partial charge in [-0.1, -0.05) is 52.4 Å². The lowest BCUT2D eigenvalue weighted by Gasteiger charge is -2.27. The van der Waals surface area contributed by atoms with E-state index in [4.69, 9.17) is 4.74 Å². The third kappa shape index (κ3) is 10.3. The molecule has 0 radical (unpaired) electrons. The molecule has 1 aliphatic rings. The number of carbonyl (C=O) groups is 3. The lowest BCUT2D eigenvalue weighted by Crippen LogP contribution is -2.57. The molecule has 1 saturated heterocycles. The molecule has 1 fully saturated rings. The van der Waals surface area contributed by atoms with Gasteiger partial charge in [-0.05, 0) is 39.5 Å². The van der Waals surface area contributed by atoms with Crippen molar-refractivity contribution in [2.75, 3.05) is 6.61 Å². The molecule has 1 heterocycles. The molecule has 1 rings (SSSR count). The van der Waals surface area contributed by atoms with E-state index in [2.05, 4.69) is 16.0 Å². The highest BCUT2D eigenvalue weighted by molar-refractivity contribution is 5.91. The second kappa shape index (κ2) is 12.8. The number of amides is 3. The highest BCUT2D eigenvalue weighted by Gasteiger charge is 2.30. The summed E-state index contributed by atoms with van der Waals surface area (Å²) in [5, 5.41) is 17.9. The van der Waals surface area contributed by atoms with Gasteiger partial charge >= 0.3 is 6.09 Å². The van der Waals surface area contributed by atoms with Gasteiger partial charge in [-0.3, -0.25) is 9.59 Å². The van der Waals surface area contributed by atoms with Crippen molar-refractivity contribution in [3.63, 3.8) is 0 Å². The molecule has 3 amide bonds. The molecule has 0 bridgehead atoms. The van der Waals surface area contributed by atoms with Crippen molar-refractivity contribution in [2.45, 2.75) is 110 Å². The Bertz CT molecular complexity index is 559. The topological polar surface area (TPSA) is 117 Å². The van der Waals surface area contributed by atoms with E-state index in [1.807, 2.05) is 13.8 Å². The Morgan fingerprint density at radius 3 is 2.13 bits per heavy atom. The summed E-state index contributed by atoms with van der Waals surface area (Å²) in [6.45, 7) is 8.86. The third-order valence-electron chi connectivity index (χ3n) is 5.12. The molecular weight excluding hydrogens is 386 g/mol. The van der Waals surface area contributed by atoms with Crippen LogP contribution in [0.5, 0.6) is 0 Å². The van der Waals surface area contributed by atoms with Crippen molar-refractivity contribution in [3.8, 4) is 0 Å². The Balaban J connectivity index is 2.95. The van der Waals surface area contributed by atoms with Gasteiger partial charge in [0.15, 0.2) is 0 Å². The first-order valence-corrected chi connectivity index (χ1v) is 11.2. The van der Waals surface area contributed by atoms with Gasteiger partial charge < -0.3 is 25.8 Å². The van der Waals surface area contributed by atoms with E-state index in [0.717, 1.165) is 38.5 Å². The minimum Gasteiger partial charge on any atom is -0.444 e. The average Bonchev–Trinajstić information content (AvgIpc) is 2.63. The Morgan fingerprint density at radius 1 is 1.03 bits per heavy atom. The molecule has 0 aromatic carbocycles.